The third-order valence-corrected chi connectivity index (χ3v) is 4.85. The van der Waals surface area contributed by atoms with Crippen molar-refractivity contribution in [3.8, 4) is 11.6 Å². The number of primary amides is 1. The lowest BCUT2D eigenvalue weighted by atomic mass is 9.97. The number of hydrogen-bond acceptors (Lipinski definition) is 5. The van der Waals surface area contributed by atoms with Gasteiger partial charge >= 0.3 is 0 Å². The Morgan fingerprint density at radius 3 is 2.74 bits per heavy atom. The summed E-state index contributed by atoms with van der Waals surface area (Å²) >= 11 is 0. The number of nitrogens with one attached hydrogen (secondary N) is 1. The normalized spacial score (nSPS) is 21.9. The number of methoxy groups -OCH3 is 1. The number of nitrogens with two attached hydrogens (primary N) is 1. The van der Waals surface area contributed by atoms with E-state index in [4.69, 9.17) is 15.2 Å². The van der Waals surface area contributed by atoms with Gasteiger partial charge in [0.05, 0.1) is 18.7 Å². The number of amides is 2. The van der Waals surface area contributed by atoms with Crippen molar-refractivity contribution in [1.29, 1.82) is 0 Å². The van der Waals surface area contributed by atoms with Gasteiger partial charge in [0.1, 0.15) is 12.4 Å². The van der Waals surface area contributed by atoms with Crippen LogP contribution in [0.2, 0.25) is 0 Å². The van der Waals surface area contributed by atoms with E-state index in [2.05, 4.69) is 10.3 Å². The number of fused-ring (bicyclic) bond motifs is 1. The fraction of sp³-hybridized carbons (Fsp3) is 0.421. The fourth-order valence-electron chi connectivity index (χ4n) is 3.44. The van der Waals surface area contributed by atoms with Gasteiger partial charge in [0.25, 0.3) is 11.8 Å². The van der Waals surface area contributed by atoms with Crippen LogP contribution in [0.25, 0.3) is 10.8 Å². The number of benzene rings is 1. The molecule has 3 rings (SSSR count). The van der Waals surface area contributed by atoms with Crippen LogP contribution >= 0.6 is 0 Å². The van der Waals surface area contributed by atoms with Crippen LogP contribution in [-0.2, 0) is 4.79 Å². The summed E-state index contributed by atoms with van der Waals surface area (Å²) in [7, 11) is 1.44. The van der Waals surface area contributed by atoms with E-state index in [9.17, 15) is 14.0 Å². The number of pyridine rings is 1. The monoisotopic (exact) mass is 375 g/mol. The summed E-state index contributed by atoms with van der Waals surface area (Å²) in [6, 6.07) is 4.64. The van der Waals surface area contributed by atoms with Crippen molar-refractivity contribution in [2.24, 2.45) is 11.7 Å². The summed E-state index contributed by atoms with van der Waals surface area (Å²) in [5.74, 6) is -1.00. The molecule has 3 atom stereocenters. The molecule has 8 heteroatoms. The van der Waals surface area contributed by atoms with Gasteiger partial charge in [-0.3, -0.25) is 9.59 Å². The second-order valence-electron chi connectivity index (χ2n) is 6.61. The molecule has 2 amide bonds. The fourth-order valence-corrected chi connectivity index (χ4v) is 3.44. The van der Waals surface area contributed by atoms with Crippen LogP contribution in [0, 0.1) is 12.8 Å². The van der Waals surface area contributed by atoms with Gasteiger partial charge in [0, 0.05) is 17.0 Å². The summed E-state index contributed by atoms with van der Waals surface area (Å²) in [6.07, 6.45) is -1.00. The zero-order valence-corrected chi connectivity index (χ0v) is 15.4. The first-order chi connectivity index (χ1) is 12.8. The van der Waals surface area contributed by atoms with Gasteiger partial charge in [0.2, 0.25) is 5.88 Å². The lowest BCUT2D eigenvalue weighted by Gasteiger charge is -2.19. The number of aryl methyl sites for hydroxylation is 1. The molecule has 1 unspecified atom stereocenters. The van der Waals surface area contributed by atoms with Crippen LogP contribution in [0.5, 0.6) is 11.6 Å². The Morgan fingerprint density at radius 2 is 2.11 bits per heavy atom. The molecule has 1 aliphatic heterocycles. The second-order valence-corrected chi connectivity index (χ2v) is 6.61. The molecule has 1 aromatic heterocycles. The number of rotatable bonds is 6. The molecule has 1 fully saturated rings. The molecule has 0 spiro atoms. The molecule has 2 heterocycles. The average molecular weight is 375 g/mol. The summed E-state index contributed by atoms with van der Waals surface area (Å²) in [6.45, 7) is 3.72. The minimum Gasteiger partial charge on any atom is -0.496 e. The van der Waals surface area contributed by atoms with E-state index in [1.165, 1.54) is 7.11 Å². The number of ether oxygens (including phenoxy) is 2. The quantitative estimate of drug-likeness (QED) is 0.802. The van der Waals surface area contributed by atoms with Crippen molar-refractivity contribution in [2.45, 2.75) is 32.5 Å². The van der Waals surface area contributed by atoms with Crippen LogP contribution in [0.1, 0.15) is 29.4 Å². The second kappa shape index (κ2) is 7.38. The molecule has 27 heavy (non-hydrogen) atoms. The van der Waals surface area contributed by atoms with Gasteiger partial charge in [-0.2, -0.15) is 0 Å². The predicted octanol–water partition coefficient (Wildman–Crippen LogP) is 1.89. The maximum absolute atomic E-state index is 14.0. The summed E-state index contributed by atoms with van der Waals surface area (Å²) in [5, 5.41) is 3.99. The van der Waals surface area contributed by atoms with Crippen LogP contribution in [0.4, 0.5) is 4.39 Å². The number of carbonyl (C=O) groups excluding carboxylic acids is 2. The molecular weight excluding hydrogens is 353 g/mol. The van der Waals surface area contributed by atoms with Crippen molar-refractivity contribution in [3.63, 3.8) is 0 Å². The molecule has 0 radical (unpaired) electrons. The van der Waals surface area contributed by atoms with E-state index in [0.29, 0.717) is 29.1 Å². The molecule has 1 saturated heterocycles. The summed E-state index contributed by atoms with van der Waals surface area (Å²) in [5.41, 5.74) is 6.36. The molecule has 1 aromatic carbocycles. The summed E-state index contributed by atoms with van der Waals surface area (Å²) in [4.78, 5) is 27.6. The molecule has 0 bridgehead atoms. The average Bonchev–Trinajstić information content (AvgIpc) is 2.91. The Balaban J connectivity index is 1.94. The molecule has 0 aliphatic carbocycles. The van der Waals surface area contributed by atoms with E-state index in [-0.39, 0.29) is 12.2 Å². The lowest BCUT2D eigenvalue weighted by molar-refractivity contribution is -0.123. The van der Waals surface area contributed by atoms with Gasteiger partial charge in [0.15, 0.2) is 6.17 Å². The minimum absolute atomic E-state index is 0.0934. The predicted molar refractivity (Wildman–Crippen MR) is 97.7 cm³/mol. The van der Waals surface area contributed by atoms with Gasteiger partial charge in [-0.1, -0.05) is 6.92 Å². The van der Waals surface area contributed by atoms with Crippen molar-refractivity contribution in [1.82, 2.24) is 10.3 Å². The van der Waals surface area contributed by atoms with Gasteiger partial charge in [-0.15, -0.1) is 0 Å². The highest BCUT2D eigenvalue weighted by molar-refractivity contribution is 6.01. The number of halogens is 1. The maximum atomic E-state index is 14.0. The van der Waals surface area contributed by atoms with Gasteiger partial charge < -0.3 is 20.5 Å². The number of aromatic nitrogens is 1. The van der Waals surface area contributed by atoms with E-state index in [1.807, 2.05) is 6.92 Å². The Morgan fingerprint density at radius 1 is 1.37 bits per heavy atom. The van der Waals surface area contributed by atoms with Crippen molar-refractivity contribution in [3.05, 3.63) is 29.5 Å². The van der Waals surface area contributed by atoms with Crippen molar-refractivity contribution in [2.75, 3.05) is 13.7 Å². The first-order valence-corrected chi connectivity index (χ1v) is 8.72. The van der Waals surface area contributed by atoms with Crippen LogP contribution in [-0.4, -0.2) is 42.7 Å². The molecule has 3 N–H and O–H groups in total. The Kier molecular flexibility index (Phi) is 5.16. The Hall–Kier alpha value is -2.90. The smallest absolute Gasteiger partial charge is 0.255 e. The first-order valence-electron chi connectivity index (χ1n) is 8.72. The number of alkyl halides is 1. The Bertz CT molecular complexity index is 902. The SMILES string of the molecule is CC[C@@H]1C(COc2nc(C)cc3cc(C(N)=O)c(OC)cc23)NC(=O)[C@@H]1F. The Labute approximate surface area is 156 Å². The third kappa shape index (κ3) is 3.51. The van der Waals surface area contributed by atoms with Gasteiger partial charge in [-0.25, -0.2) is 9.37 Å². The standard InChI is InChI=1S/C19H22FN3O4/c1-4-11-14(23-18(25)16(11)20)8-27-19-12-7-15(26-3)13(17(21)24)6-10(12)5-9(2)22-19/h5-7,11,14,16H,4,8H2,1-3H3,(H2,21,24)(H,23,25)/t11-,14?,16-/m1/s1. The van der Waals surface area contributed by atoms with E-state index < -0.39 is 29.9 Å². The zero-order chi connectivity index (χ0) is 19.7. The molecule has 1 aliphatic rings. The lowest BCUT2D eigenvalue weighted by Crippen LogP contribution is -2.34. The summed E-state index contributed by atoms with van der Waals surface area (Å²) < 4.78 is 25.0. The highest BCUT2D eigenvalue weighted by Gasteiger charge is 2.41. The van der Waals surface area contributed by atoms with E-state index >= 15 is 0 Å². The maximum Gasteiger partial charge on any atom is 0.255 e. The van der Waals surface area contributed by atoms with Gasteiger partial charge in [-0.05, 0) is 36.9 Å². The number of nitrogens with zero attached hydrogens (tertiary/aromatic N) is 1. The van der Waals surface area contributed by atoms with Crippen molar-refractivity contribution < 1.29 is 23.5 Å². The number of carbonyl (C=O) groups is 2. The van der Waals surface area contributed by atoms with E-state index in [0.717, 1.165) is 5.39 Å². The molecule has 0 saturated carbocycles. The molecular formula is C19H22FN3O4. The topological polar surface area (TPSA) is 104 Å². The third-order valence-electron chi connectivity index (χ3n) is 4.85. The minimum atomic E-state index is -1.52. The first kappa shape index (κ1) is 18.9. The molecule has 7 nitrogen and oxygen atoms in total. The van der Waals surface area contributed by atoms with E-state index in [1.54, 1.807) is 25.1 Å². The largest absolute Gasteiger partial charge is 0.496 e. The molecule has 2 aromatic rings. The molecule has 144 valence electrons. The number of hydrogen-bond donors (Lipinski definition) is 2. The highest BCUT2D eigenvalue weighted by Crippen LogP contribution is 2.32. The van der Waals surface area contributed by atoms with Crippen LogP contribution in [0.15, 0.2) is 18.2 Å². The zero-order valence-electron chi connectivity index (χ0n) is 15.4. The van der Waals surface area contributed by atoms with Crippen molar-refractivity contribution >= 4 is 22.6 Å². The highest BCUT2D eigenvalue weighted by atomic mass is 19.1. The van der Waals surface area contributed by atoms with Crippen LogP contribution < -0.4 is 20.5 Å². The van der Waals surface area contributed by atoms with Crippen LogP contribution in [0.3, 0.4) is 0 Å².